The summed E-state index contributed by atoms with van der Waals surface area (Å²) in [5.41, 5.74) is 0.248. The zero-order chi connectivity index (χ0) is 7.40. The molecule has 1 N–H and O–H groups in total. The van der Waals surface area contributed by atoms with Crippen LogP contribution < -0.4 is 5.32 Å². The summed E-state index contributed by atoms with van der Waals surface area (Å²) in [5.74, 6) is -0.0486. The smallest absolute Gasteiger partial charge is 0.174 e. The maximum atomic E-state index is 10.9. The number of hydrogen-bond acceptors (Lipinski definition) is 3. The molecule has 0 fully saturated rings. The molecular formula is C7H8N2O. The van der Waals surface area contributed by atoms with Crippen LogP contribution in [0.5, 0.6) is 0 Å². The van der Waals surface area contributed by atoms with Gasteiger partial charge in [0.05, 0.1) is 0 Å². The lowest BCUT2D eigenvalue weighted by atomic mass is 10.1. The van der Waals surface area contributed by atoms with Crippen LogP contribution in [-0.4, -0.2) is 12.3 Å². The lowest BCUT2D eigenvalue weighted by molar-refractivity contribution is -0.115. The van der Waals surface area contributed by atoms with Gasteiger partial charge in [0.25, 0.3) is 0 Å². The van der Waals surface area contributed by atoms with Gasteiger partial charge in [0.1, 0.15) is 11.6 Å². The Kier molecular flexibility index (Phi) is 2.06. The topological polar surface area (TPSA) is 52.9 Å². The van der Waals surface area contributed by atoms with Crippen molar-refractivity contribution in [2.24, 2.45) is 0 Å². The van der Waals surface area contributed by atoms with Crippen LogP contribution in [0.25, 0.3) is 0 Å². The van der Waals surface area contributed by atoms with E-state index in [-0.39, 0.29) is 11.4 Å². The predicted octanol–water partition coefficient (Wildman–Crippen LogP) is 0.346. The lowest BCUT2D eigenvalue weighted by Gasteiger charge is -1.89. The third-order valence-corrected chi connectivity index (χ3v) is 1.39. The molecule has 1 heterocycles. The summed E-state index contributed by atoms with van der Waals surface area (Å²) < 4.78 is 0. The number of Topliss-reactive ketones (excluding diaryl/α,β-unsaturated/α-hetero) is 1. The summed E-state index contributed by atoms with van der Waals surface area (Å²) in [6.45, 7) is 0.789. The first-order chi connectivity index (χ1) is 4.84. The molecule has 0 spiro atoms. The number of nitrogens with zero attached hydrogens (tertiary/aromatic N) is 1. The molecule has 0 amide bonds. The normalized spacial score (nSPS) is 18.3. The molecule has 0 aromatic carbocycles. The van der Waals surface area contributed by atoms with Crippen molar-refractivity contribution in [1.82, 2.24) is 5.32 Å². The minimum atomic E-state index is -0.0486. The third-order valence-electron chi connectivity index (χ3n) is 1.39. The maximum absolute atomic E-state index is 10.9. The Morgan fingerprint density at radius 2 is 2.50 bits per heavy atom. The summed E-state index contributed by atoms with van der Waals surface area (Å²) in [5, 5.41) is 11.3. The first-order valence-electron chi connectivity index (χ1n) is 3.21. The first kappa shape index (κ1) is 6.81. The van der Waals surface area contributed by atoms with E-state index in [9.17, 15) is 4.79 Å². The van der Waals surface area contributed by atoms with Crippen LogP contribution in [0.15, 0.2) is 11.8 Å². The van der Waals surface area contributed by atoms with Crippen LogP contribution in [0.4, 0.5) is 0 Å². The van der Waals surface area contributed by atoms with Gasteiger partial charge < -0.3 is 5.32 Å². The highest BCUT2D eigenvalue weighted by molar-refractivity contribution is 5.99. The summed E-state index contributed by atoms with van der Waals surface area (Å²) in [4.78, 5) is 10.9. The Bertz CT molecular complexity index is 212. The Labute approximate surface area is 59.3 Å². The molecule has 0 unspecified atom stereocenters. The summed E-state index contributed by atoms with van der Waals surface area (Å²) in [6.07, 6.45) is 2.81. The quantitative estimate of drug-likeness (QED) is 0.522. The van der Waals surface area contributed by atoms with E-state index >= 15 is 0 Å². The summed E-state index contributed by atoms with van der Waals surface area (Å²) in [6, 6.07) is 1.84. The molecule has 0 atom stereocenters. The molecule has 52 valence electrons. The van der Waals surface area contributed by atoms with E-state index in [0.29, 0.717) is 6.42 Å². The fraction of sp³-hybridized carbons (Fsp3) is 0.429. The Balaban J connectivity index is 2.74. The molecule has 10 heavy (non-hydrogen) atoms. The number of nitriles is 1. The fourth-order valence-corrected chi connectivity index (χ4v) is 0.835. The van der Waals surface area contributed by atoms with Crippen LogP contribution in [0.1, 0.15) is 12.8 Å². The minimum absolute atomic E-state index is 0.0486. The predicted molar refractivity (Wildman–Crippen MR) is 35.9 cm³/mol. The molecule has 3 nitrogen and oxygen atoms in total. The molecule has 0 aliphatic carbocycles. The molecule has 1 aliphatic rings. The average Bonchev–Trinajstić information content (AvgIpc) is 2.13. The monoisotopic (exact) mass is 136 g/mol. The second-order valence-corrected chi connectivity index (χ2v) is 2.15. The molecule has 1 aliphatic heterocycles. The van der Waals surface area contributed by atoms with Gasteiger partial charge in [-0.05, 0) is 6.42 Å². The molecule has 0 aromatic rings. The molecule has 0 radical (unpaired) electrons. The van der Waals surface area contributed by atoms with Crippen molar-refractivity contribution < 1.29 is 4.79 Å². The van der Waals surface area contributed by atoms with Gasteiger partial charge >= 0.3 is 0 Å². The van der Waals surface area contributed by atoms with Gasteiger partial charge in [-0.1, -0.05) is 0 Å². The summed E-state index contributed by atoms with van der Waals surface area (Å²) >= 11 is 0. The van der Waals surface area contributed by atoms with Crippen molar-refractivity contribution in [3.05, 3.63) is 11.8 Å². The van der Waals surface area contributed by atoms with Gasteiger partial charge in [0, 0.05) is 19.2 Å². The van der Waals surface area contributed by atoms with Crippen LogP contribution in [0, 0.1) is 11.3 Å². The molecule has 0 aromatic heterocycles. The van der Waals surface area contributed by atoms with Gasteiger partial charge in [0.15, 0.2) is 5.78 Å². The molecule has 0 saturated heterocycles. The zero-order valence-electron chi connectivity index (χ0n) is 5.55. The molecule has 3 heteroatoms. The standard InChI is InChI=1S/C7H8N2O/c8-4-6-5-9-3-1-2-7(6)10/h5,9H,1-3H2. The fourth-order valence-electron chi connectivity index (χ4n) is 0.835. The number of hydrogen-bond donors (Lipinski definition) is 1. The van der Waals surface area contributed by atoms with Crippen molar-refractivity contribution >= 4 is 5.78 Å². The van der Waals surface area contributed by atoms with Gasteiger partial charge in [-0.3, -0.25) is 4.79 Å². The van der Waals surface area contributed by atoms with Crippen LogP contribution in [-0.2, 0) is 4.79 Å². The number of carbonyl (C=O) groups excluding carboxylic acids is 1. The van der Waals surface area contributed by atoms with E-state index in [1.54, 1.807) is 0 Å². The lowest BCUT2D eigenvalue weighted by Crippen LogP contribution is -2.04. The van der Waals surface area contributed by atoms with Gasteiger partial charge in [-0.25, -0.2) is 0 Å². The Morgan fingerprint density at radius 1 is 1.70 bits per heavy atom. The molecule has 0 bridgehead atoms. The van der Waals surface area contributed by atoms with Crippen LogP contribution in [0.3, 0.4) is 0 Å². The Hall–Kier alpha value is -1.30. The number of rotatable bonds is 0. The van der Waals surface area contributed by atoms with Gasteiger partial charge in [0.2, 0.25) is 0 Å². The second-order valence-electron chi connectivity index (χ2n) is 2.15. The van der Waals surface area contributed by atoms with Gasteiger partial charge in [-0.15, -0.1) is 0 Å². The number of allylic oxidation sites excluding steroid dienone is 1. The van der Waals surface area contributed by atoms with Crippen molar-refractivity contribution in [2.45, 2.75) is 12.8 Å². The molecule has 0 saturated carbocycles. The van der Waals surface area contributed by atoms with Crippen molar-refractivity contribution in [1.29, 1.82) is 5.26 Å². The summed E-state index contributed by atoms with van der Waals surface area (Å²) in [7, 11) is 0. The SMILES string of the molecule is N#CC1=CNCCCC1=O. The first-order valence-corrected chi connectivity index (χ1v) is 3.21. The number of carbonyl (C=O) groups is 1. The van der Waals surface area contributed by atoms with Crippen LogP contribution >= 0.6 is 0 Å². The highest BCUT2D eigenvalue weighted by atomic mass is 16.1. The maximum Gasteiger partial charge on any atom is 0.174 e. The van der Waals surface area contributed by atoms with E-state index in [4.69, 9.17) is 5.26 Å². The zero-order valence-corrected chi connectivity index (χ0v) is 5.55. The highest BCUT2D eigenvalue weighted by Gasteiger charge is 2.10. The van der Waals surface area contributed by atoms with Crippen LogP contribution in [0.2, 0.25) is 0 Å². The van der Waals surface area contributed by atoms with E-state index in [1.807, 2.05) is 6.07 Å². The van der Waals surface area contributed by atoms with E-state index in [1.165, 1.54) is 6.20 Å². The number of nitrogens with one attached hydrogen (secondary N) is 1. The van der Waals surface area contributed by atoms with E-state index in [2.05, 4.69) is 5.32 Å². The third kappa shape index (κ3) is 1.35. The largest absolute Gasteiger partial charge is 0.390 e. The Morgan fingerprint density at radius 3 is 3.20 bits per heavy atom. The highest BCUT2D eigenvalue weighted by Crippen LogP contribution is 2.03. The average molecular weight is 136 g/mol. The number of ketones is 1. The minimum Gasteiger partial charge on any atom is -0.390 e. The second kappa shape index (κ2) is 3.02. The van der Waals surface area contributed by atoms with Gasteiger partial charge in [-0.2, -0.15) is 5.26 Å². The van der Waals surface area contributed by atoms with Crippen molar-refractivity contribution in [3.63, 3.8) is 0 Å². The molecular weight excluding hydrogens is 128 g/mol. The van der Waals surface area contributed by atoms with E-state index in [0.717, 1.165) is 13.0 Å². The molecule has 1 rings (SSSR count). The van der Waals surface area contributed by atoms with E-state index < -0.39 is 0 Å². The van der Waals surface area contributed by atoms with Crippen molar-refractivity contribution in [2.75, 3.05) is 6.54 Å². The van der Waals surface area contributed by atoms with Crippen molar-refractivity contribution in [3.8, 4) is 6.07 Å².